The predicted octanol–water partition coefficient (Wildman–Crippen LogP) is 2.16. The SMILES string of the molecule is CC(=O)N1CCCC1C(=O)c1cc(F)ccc1F. The van der Waals surface area contributed by atoms with E-state index >= 15 is 0 Å². The van der Waals surface area contributed by atoms with Crippen molar-refractivity contribution in [2.75, 3.05) is 6.54 Å². The number of carbonyl (C=O) groups excluding carboxylic acids is 2. The molecule has 1 atom stereocenters. The van der Waals surface area contributed by atoms with E-state index in [2.05, 4.69) is 0 Å². The summed E-state index contributed by atoms with van der Waals surface area (Å²) in [5, 5.41) is 0. The Balaban J connectivity index is 2.31. The minimum Gasteiger partial charge on any atom is -0.333 e. The van der Waals surface area contributed by atoms with Crippen molar-refractivity contribution in [2.45, 2.75) is 25.8 Å². The maximum atomic E-state index is 13.5. The molecule has 0 bridgehead atoms. The van der Waals surface area contributed by atoms with Crippen LogP contribution in [-0.4, -0.2) is 29.2 Å². The molecule has 0 saturated carbocycles. The van der Waals surface area contributed by atoms with Gasteiger partial charge in [-0.3, -0.25) is 9.59 Å². The van der Waals surface area contributed by atoms with Gasteiger partial charge in [0.2, 0.25) is 5.91 Å². The molecule has 1 heterocycles. The number of amides is 1. The zero-order chi connectivity index (χ0) is 13.3. The molecule has 0 aromatic heterocycles. The van der Waals surface area contributed by atoms with Gasteiger partial charge in [0, 0.05) is 13.5 Å². The van der Waals surface area contributed by atoms with E-state index in [0.717, 1.165) is 18.2 Å². The van der Waals surface area contributed by atoms with Gasteiger partial charge in [0.1, 0.15) is 11.6 Å². The van der Waals surface area contributed by atoms with Gasteiger partial charge in [0.25, 0.3) is 0 Å². The fourth-order valence-corrected chi connectivity index (χ4v) is 2.28. The molecule has 0 aliphatic carbocycles. The Morgan fingerprint density at radius 2 is 2.06 bits per heavy atom. The highest BCUT2D eigenvalue weighted by Crippen LogP contribution is 2.23. The number of rotatable bonds is 2. The Labute approximate surface area is 103 Å². The first kappa shape index (κ1) is 12.7. The lowest BCUT2D eigenvalue weighted by Gasteiger charge is -2.22. The molecule has 3 nitrogen and oxygen atoms in total. The second kappa shape index (κ2) is 4.84. The maximum absolute atomic E-state index is 13.5. The minimum absolute atomic E-state index is 0.220. The lowest BCUT2D eigenvalue weighted by molar-refractivity contribution is -0.128. The Hall–Kier alpha value is -1.78. The summed E-state index contributed by atoms with van der Waals surface area (Å²) < 4.78 is 26.6. The lowest BCUT2D eigenvalue weighted by Crippen LogP contribution is -2.39. The van der Waals surface area contributed by atoms with Crippen molar-refractivity contribution >= 4 is 11.7 Å². The van der Waals surface area contributed by atoms with Crippen molar-refractivity contribution in [3.05, 3.63) is 35.4 Å². The monoisotopic (exact) mass is 253 g/mol. The number of hydrogen-bond acceptors (Lipinski definition) is 2. The van der Waals surface area contributed by atoms with Crippen molar-refractivity contribution in [1.82, 2.24) is 4.90 Å². The fraction of sp³-hybridized carbons (Fsp3) is 0.385. The first-order chi connectivity index (χ1) is 8.50. The standard InChI is InChI=1S/C13H13F2NO2/c1-8(17)16-6-2-3-12(16)13(18)10-7-9(14)4-5-11(10)15/h4-5,7,12H,2-3,6H2,1H3. The first-order valence-corrected chi connectivity index (χ1v) is 5.77. The Bertz CT molecular complexity index is 502. The molecule has 1 unspecified atom stereocenters. The highest BCUT2D eigenvalue weighted by atomic mass is 19.1. The summed E-state index contributed by atoms with van der Waals surface area (Å²) in [6.07, 6.45) is 1.20. The summed E-state index contributed by atoms with van der Waals surface area (Å²) in [5.74, 6) is -2.16. The molecule has 1 aliphatic heterocycles. The van der Waals surface area contributed by atoms with Crippen LogP contribution in [0.25, 0.3) is 0 Å². The van der Waals surface area contributed by atoms with Crippen LogP contribution in [0.1, 0.15) is 30.1 Å². The number of Topliss-reactive ketones (excluding diaryl/α,β-unsaturated/α-hetero) is 1. The van der Waals surface area contributed by atoms with Crippen LogP contribution in [0.5, 0.6) is 0 Å². The van der Waals surface area contributed by atoms with Crippen molar-refractivity contribution in [2.24, 2.45) is 0 Å². The maximum Gasteiger partial charge on any atom is 0.220 e. The topological polar surface area (TPSA) is 37.4 Å². The van der Waals surface area contributed by atoms with E-state index in [0.29, 0.717) is 19.4 Å². The second-order valence-corrected chi connectivity index (χ2v) is 4.36. The van der Waals surface area contributed by atoms with E-state index in [-0.39, 0.29) is 11.5 Å². The predicted molar refractivity (Wildman–Crippen MR) is 61.1 cm³/mol. The van der Waals surface area contributed by atoms with Gasteiger partial charge in [-0.25, -0.2) is 8.78 Å². The number of nitrogens with zero attached hydrogens (tertiary/aromatic N) is 1. The van der Waals surface area contributed by atoms with Crippen LogP contribution in [0.2, 0.25) is 0 Å². The summed E-state index contributed by atoms with van der Waals surface area (Å²) >= 11 is 0. The molecule has 2 rings (SSSR count). The van der Waals surface area contributed by atoms with Gasteiger partial charge < -0.3 is 4.90 Å². The fourth-order valence-electron chi connectivity index (χ4n) is 2.28. The van der Waals surface area contributed by atoms with Crippen molar-refractivity contribution in [3.8, 4) is 0 Å². The first-order valence-electron chi connectivity index (χ1n) is 5.77. The average Bonchev–Trinajstić information content (AvgIpc) is 2.80. The van der Waals surface area contributed by atoms with Gasteiger partial charge in [0.15, 0.2) is 5.78 Å². The van der Waals surface area contributed by atoms with Crippen LogP contribution in [0, 0.1) is 11.6 Å². The lowest BCUT2D eigenvalue weighted by atomic mass is 10.0. The van der Waals surface area contributed by atoms with Gasteiger partial charge >= 0.3 is 0 Å². The Morgan fingerprint density at radius 3 is 2.72 bits per heavy atom. The number of likely N-dealkylation sites (tertiary alicyclic amines) is 1. The third kappa shape index (κ3) is 2.25. The second-order valence-electron chi connectivity index (χ2n) is 4.36. The van der Waals surface area contributed by atoms with Crippen molar-refractivity contribution in [3.63, 3.8) is 0 Å². The zero-order valence-electron chi connectivity index (χ0n) is 9.95. The molecular weight excluding hydrogens is 240 g/mol. The molecule has 1 aromatic rings. The summed E-state index contributed by atoms with van der Waals surface area (Å²) in [4.78, 5) is 24.9. The molecule has 0 N–H and O–H groups in total. The number of ketones is 1. The molecule has 1 saturated heterocycles. The molecule has 1 fully saturated rings. The highest BCUT2D eigenvalue weighted by molar-refractivity contribution is 6.02. The van der Waals surface area contributed by atoms with E-state index in [1.54, 1.807) is 0 Å². The van der Waals surface area contributed by atoms with Gasteiger partial charge in [0.05, 0.1) is 11.6 Å². The van der Waals surface area contributed by atoms with Crippen molar-refractivity contribution < 1.29 is 18.4 Å². The average molecular weight is 253 g/mol. The highest BCUT2D eigenvalue weighted by Gasteiger charge is 2.34. The molecule has 96 valence electrons. The zero-order valence-corrected chi connectivity index (χ0v) is 9.95. The Kier molecular flexibility index (Phi) is 3.41. The summed E-state index contributed by atoms with van der Waals surface area (Å²) in [7, 11) is 0. The molecular formula is C13H13F2NO2. The molecule has 1 aromatic carbocycles. The van der Waals surface area contributed by atoms with Crippen LogP contribution in [0.3, 0.4) is 0 Å². The van der Waals surface area contributed by atoms with E-state index in [1.165, 1.54) is 11.8 Å². The smallest absolute Gasteiger partial charge is 0.220 e. The van der Waals surface area contributed by atoms with Gasteiger partial charge in [-0.05, 0) is 31.0 Å². The van der Waals surface area contributed by atoms with E-state index < -0.39 is 23.5 Å². The van der Waals surface area contributed by atoms with Crippen LogP contribution in [0.4, 0.5) is 8.78 Å². The number of hydrogen-bond donors (Lipinski definition) is 0. The quantitative estimate of drug-likeness (QED) is 0.757. The molecule has 0 spiro atoms. The number of benzene rings is 1. The molecule has 5 heteroatoms. The van der Waals surface area contributed by atoms with Crippen molar-refractivity contribution in [1.29, 1.82) is 0 Å². The van der Waals surface area contributed by atoms with Gasteiger partial charge in [-0.1, -0.05) is 0 Å². The normalized spacial score (nSPS) is 19.1. The minimum atomic E-state index is -0.753. The Morgan fingerprint density at radius 1 is 1.33 bits per heavy atom. The number of carbonyl (C=O) groups is 2. The molecule has 0 radical (unpaired) electrons. The van der Waals surface area contributed by atoms with Crippen LogP contribution >= 0.6 is 0 Å². The van der Waals surface area contributed by atoms with Gasteiger partial charge in [-0.2, -0.15) is 0 Å². The van der Waals surface area contributed by atoms with E-state index in [1.807, 2.05) is 0 Å². The summed E-state index contributed by atoms with van der Waals surface area (Å²) in [5.41, 5.74) is -0.284. The van der Waals surface area contributed by atoms with Crippen LogP contribution < -0.4 is 0 Å². The molecule has 1 amide bonds. The van der Waals surface area contributed by atoms with Crippen LogP contribution in [-0.2, 0) is 4.79 Å². The largest absolute Gasteiger partial charge is 0.333 e. The van der Waals surface area contributed by atoms with Crippen LogP contribution in [0.15, 0.2) is 18.2 Å². The summed E-state index contributed by atoms with van der Waals surface area (Å²) in [6.45, 7) is 1.86. The summed E-state index contributed by atoms with van der Waals surface area (Å²) in [6, 6.07) is 2.10. The van der Waals surface area contributed by atoms with E-state index in [9.17, 15) is 18.4 Å². The third-order valence-electron chi connectivity index (χ3n) is 3.15. The molecule has 18 heavy (non-hydrogen) atoms. The van der Waals surface area contributed by atoms with E-state index in [4.69, 9.17) is 0 Å². The number of halogens is 2. The molecule has 1 aliphatic rings. The third-order valence-corrected chi connectivity index (χ3v) is 3.15. The van der Waals surface area contributed by atoms with Gasteiger partial charge in [-0.15, -0.1) is 0 Å².